The van der Waals surface area contributed by atoms with Gasteiger partial charge in [0.1, 0.15) is 21.8 Å². The molecule has 7 nitrogen and oxygen atoms in total. The monoisotopic (exact) mass is 488 g/mol. The number of rotatable bonds is 6. The van der Waals surface area contributed by atoms with Gasteiger partial charge in [0.2, 0.25) is 0 Å². The molecule has 0 radical (unpaired) electrons. The minimum Gasteiger partial charge on any atom is -0.368 e. The Morgan fingerprint density at radius 3 is 2.82 bits per heavy atom. The van der Waals surface area contributed by atoms with Gasteiger partial charge in [-0.05, 0) is 56.4 Å². The summed E-state index contributed by atoms with van der Waals surface area (Å²) in [4.78, 5) is 26.0. The van der Waals surface area contributed by atoms with Crippen molar-refractivity contribution in [3.05, 3.63) is 63.7 Å². The van der Waals surface area contributed by atoms with E-state index in [9.17, 15) is 4.79 Å². The van der Waals surface area contributed by atoms with Gasteiger partial charge in [0.25, 0.3) is 5.91 Å². The first-order valence-corrected chi connectivity index (χ1v) is 13.1. The Balaban J connectivity index is 1.14. The maximum absolute atomic E-state index is 12.9. The van der Waals surface area contributed by atoms with Crippen molar-refractivity contribution in [1.82, 2.24) is 25.1 Å². The van der Waals surface area contributed by atoms with Crippen LogP contribution in [0.1, 0.15) is 38.6 Å². The van der Waals surface area contributed by atoms with Gasteiger partial charge in [-0.15, -0.1) is 22.7 Å². The number of hydrogen-bond donors (Lipinski definition) is 2. The van der Waals surface area contributed by atoms with E-state index in [-0.39, 0.29) is 5.91 Å². The minimum absolute atomic E-state index is 0.0669. The molecule has 0 saturated carbocycles. The van der Waals surface area contributed by atoms with Crippen LogP contribution in [0.25, 0.3) is 26.1 Å². The first-order valence-electron chi connectivity index (χ1n) is 11.5. The summed E-state index contributed by atoms with van der Waals surface area (Å²) in [6.45, 7) is 3.09. The quantitative estimate of drug-likeness (QED) is 0.324. The summed E-state index contributed by atoms with van der Waals surface area (Å²) in [5.41, 5.74) is 3.32. The highest BCUT2D eigenvalue weighted by molar-refractivity contribution is 7.20. The molecule has 172 valence electrons. The molecule has 4 aromatic heterocycles. The molecule has 0 unspecified atom stereocenters. The number of fused-ring (bicyclic) bond motifs is 4. The lowest BCUT2D eigenvalue weighted by Crippen LogP contribution is -2.28. The summed E-state index contributed by atoms with van der Waals surface area (Å²) in [5.74, 6) is 0.807. The summed E-state index contributed by atoms with van der Waals surface area (Å²) in [6, 6.07) is 11.9. The molecule has 0 aliphatic heterocycles. The predicted octanol–water partition coefficient (Wildman–Crippen LogP) is 5.12. The standard InChI is InChI=1S/C25H24N6OS2/c1-15-18-13-20(34-25(18)31(30-15)16-7-3-2-4-8-16)23(32)27-12-11-26-22-21-17-9-5-6-10-19(17)33-24(21)29-14-28-22/h2-4,7-8,13-14H,5-6,9-12H2,1H3,(H,27,32)(H,26,28,29). The molecule has 34 heavy (non-hydrogen) atoms. The van der Waals surface area contributed by atoms with E-state index >= 15 is 0 Å². The third-order valence-corrected chi connectivity index (χ3v) is 8.53. The van der Waals surface area contributed by atoms with Crippen molar-refractivity contribution in [2.45, 2.75) is 32.6 Å². The molecule has 1 aliphatic carbocycles. The van der Waals surface area contributed by atoms with Gasteiger partial charge in [-0.2, -0.15) is 5.10 Å². The highest BCUT2D eigenvalue weighted by Crippen LogP contribution is 2.38. The molecule has 4 heterocycles. The van der Waals surface area contributed by atoms with Crippen molar-refractivity contribution in [3.63, 3.8) is 0 Å². The van der Waals surface area contributed by atoms with Crippen LogP contribution < -0.4 is 10.6 Å². The van der Waals surface area contributed by atoms with E-state index in [2.05, 4.69) is 25.7 Å². The summed E-state index contributed by atoms with van der Waals surface area (Å²) in [7, 11) is 0. The fraction of sp³-hybridized carbons (Fsp3) is 0.280. The molecule has 0 atom stereocenters. The zero-order valence-corrected chi connectivity index (χ0v) is 20.4. The highest BCUT2D eigenvalue weighted by Gasteiger charge is 2.20. The van der Waals surface area contributed by atoms with Crippen LogP contribution in [0.2, 0.25) is 0 Å². The first-order chi connectivity index (χ1) is 16.7. The van der Waals surface area contributed by atoms with Crippen LogP contribution in [-0.4, -0.2) is 38.7 Å². The molecule has 0 saturated heterocycles. The Morgan fingerprint density at radius 1 is 1.09 bits per heavy atom. The maximum Gasteiger partial charge on any atom is 0.261 e. The van der Waals surface area contributed by atoms with Gasteiger partial charge in [-0.3, -0.25) is 4.79 Å². The molecule has 1 aromatic carbocycles. The Morgan fingerprint density at radius 2 is 1.94 bits per heavy atom. The number of nitrogens with one attached hydrogen (secondary N) is 2. The van der Waals surface area contributed by atoms with Crippen LogP contribution in [0.5, 0.6) is 0 Å². The molecular formula is C25H24N6OS2. The predicted molar refractivity (Wildman–Crippen MR) is 139 cm³/mol. The summed E-state index contributed by atoms with van der Waals surface area (Å²) in [5, 5.41) is 13.3. The van der Waals surface area contributed by atoms with Crippen molar-refractivity contribution >= 4 is 54.8 Å². The Kier molecular flexibility index (Phi) is 5.50. The molecule has 0 bridgehead atoms. The van der Waals surface area contributed by atoms with E-state index in [1.165, 1.54) is 40.0 Å². The summed E-state index contributed by atoms with van der Waals surface area (Å²) in [6.07, 6.45) is 6.34. The van der Waals surface area contributed by atoms with Gasteiger partial charge < -0.3 is 10.6 Å². The number of aryl methyl sites for hydroxylation is 3. The Hall–Kier alpha value is -3.30. The lowest BCUT2D eigenvalue weighted by atomic mass is 9.97. The molecule has 6 rings (SSSR count). The van der Waals surface area contributed by atoms with E-state index < -0.39 is 0 Å². The average molecular weight is 489 g/mol. The van der Waals surface area contributed by atoms with Crippen molar-refractivity contribution < 1.29 is 4.79 Å². The van der Waals surface area contributed by atoms with Crippen molar-refractivity contribution in [3.8, 4) is 5.69 Å². The SMILES string of the molecule is Cc1nn(-c2ccccc2)c2sc(C(=O)NCCNc3ncnc4sc5c(c34)CCCC5)cc12. The largest absolute Gasteiger partial charge is 0.368 e. The van der Waals surface area contributed by atoms with Gasteiger partial charge in [-0.1, -0.05) is 18.2 Å². The topological polar surface area (TPSA) is 84.7 Å². The number of nitrogens with zero attached hydrogens (tertiary/aromatic N) is 4. The highest BCUT2D eigenvalue weighted by atomic mass is 32.1. The first kappa shape index (κ1) is 21.2. The molecule has 0 fully saturated rings. The van der Waals surface area contributed by atoms with Crippen molar-refractivity contribution in [2.75, 3.05) is 18.4 Å². The van der Waals surface area contributed by atoms with Crippen LogP contribution >= 0.6 is 22.7 Å². The molecule has 5 aromatic rings. The molecule has 0 spiro atoms. The number of aromatic nitrogens is 4. The maximum atomic E-state index is 12.9. The van der Waals surface area contributed by atoms with Crippen LogP contribution in [-0.2, 0) is 12.8 Å². The molecular weight excluding hydrogens is 464 g/mol. The normalized spacial score (nSPS) is 13.3. The number of carbonyl (C=O) groups is 1. The van der Waals surface area contributed by atoms with Crippen molar-refractivity contribution in [2.24, 2.45) is 0 Å². The lowest BCUT2D eigenvalue weighted by Gasteiger charge is -2.12. The smallest absolute Gasteiger partial charge is 0.261 e. The van der Waals surface area contributed by atoms with Gasteiger partial charge in [0.15, 0.2) is 0 Å². The second-order valence-corrected chi connectivity index (χ2v) is 10.6. The van der Waals surface area contributed by atoms with Gasteiger partial charge >= 0.3 is 0 Å². The van der Waals surface area contributed by atoms with Gasteiger partial charge in [0.05, 0.1) is 21.6 Å². The van der Waals surface area contributed by atoms with Gasteiger partial charge in [0, 0.05) is 23.4 Å². The number of hydrogen-bond acceptors (Lipinski definition) is 7. The van der Waals surface area contributed by atoms with E-state index in [0.717, 1.165) is 45.1 Å². The van der Waals surface area contributed by atoms with E-state index in [1.54, 1.807) is 17.7 Å². The third-order valence-electron chi connectivity index (χ3n) is 6.22. The fourth-order valence-corrected chi connectivity index (χ4v) is 6.90. The molecule has 9 heteroatoms. The average Bonchev–Trinajstić information content (AvgIpc) is 3.55. The van der Waals surface area contributed by atoms with Crippen LogP contribution in [0.15, 0.2) is 42.7 Å². The summed E-state index contributed by atoms with van der Waals surface area (Å²) >= 11 is 3.26. The van der Waals surface area contributed by atoms with Crippen molar-refractivity contribution in [1.29, 1.82) is 0 Å². The third kappa shape index (κ3) is 3.74. The van der Waals surface area contributed by atoms with E-state index in [4.69, 9.17) is 0 Å². The lowest BCUT2D eigenvalue weighted by molar-refractivity contribution is 0.0959. The molecule has 1 amide bonds. The van der Waals surface area contributed by atoms with Crippen LogP contribution in [0, 0.1) is 6.92 Å². The minimum atomic E-state index is -0.0669. The number of anilines is 1. The number of para-hydroxylation sites is 1. The molecule has 1 aliphatic rings. The molecule has 2 N–H and O–H groups in total. The number of benzene rings is 1. The van der Waals surface area contributed by atoms with Crippen LogP contribution in [0.4, 0.5) is 5.82 Å². The zero-order chi connectivity index (χ0) is 23.1. The van der Waals surface area contributed by atoms with Gasteiger partial charge in [-0.25, -0.2) is 14.6 Å². The Labute approximate surface area is 204 Å². The second kappa shape index (κ2) is 8.81. The second-order valence-electron chi connectivity index (χ2n) is 8.46. The summed E-state index contributed by atoms with van der Waals surface area (Å²) < 4.78 is 1.91. The zero-order valence-electron chi connectivity index (χ0n) is 18.8. The Bertz CT molecular complexity index is 1500. The number of amides is 1. The van der Waals surface area contributed by atoms with Crippen LogP contribution in [0.3, 0.4) is 0 Å². The van der Waals surface area contributed by atoms with E-state index in [0.29, 0.717) is 18.0 Å². The number of carbonyl (C=O) groups excluding carboxylic acids is 1. The fourth-order valence-electron chi connectivity index (χ4n) is 4.57. The van der Waals surface area contributed by atoms with E-state index in [1.807, 2.05) is 48.0 Å². The number of thiophene rings is 2.